The van der Waals surface area contributed by atoms with Gasteiger partial charge in [0, 0.05) is 33.2 Å². The van der Waals surface area contributed by atoms with Gasteiger partial charge in [0.2, 0.25) is 0 Å². The predicted molar refractivity (Wildman–Crippen MR) is 205 cm³/mol. The third kappa shape index (κ3) is 8.31. The van der Waals surface area contributed by atoms with Crippen LogP contribution >= 0.6 is 31.9 Å². The van der Waals surface area contributed by atoms with Crippen LogP contribution in [0.25, 0.3) is 12.2 Å². The third-order valence-corrected chi connectivity index (χ3v) is 8.70. The van der Waals surface area contributed by atoms with Gasteiger partial charge in [0.25, 0.3) is 11.8 Å². The van der Waals surface area contributed by atoms with E-state index in [9.17, 15) is 9.59 Å². The highest BCUT2D eigenvalue weighted by atomic mass is 79.9. The summed E-state index contributed by atoms with van der Waals surface area (Å²) < 4.78 is 13.3. The number of amidine groups is 2. The van der Waals surface area contributed by atoms with E-state index in [0.717, 1.165) is 42.7 Å². The first-order valence-corrected chi connectivity index (χ1v) is 17.9. The summed E-state index contributed by atoms with van der Waals surface area (Å²) in [5.41, 5.74) is 3.79. The molecule has 0 radical (unpaired) electrons. The van der Waals surface area contributed by atoms with Gasteiger partial charge in [-0.25, -0.2) is 9.98 Å². The van der Waals surface area contributed by atoms with Crippen LogP contribution in [0.1, 0.15) is 49.9 Å². The summed E-state index contributed by atoms with van der Waals surface area (Å²) in [5, 5.41) is 0. The summed E-state index contributed by atoms with van der Waals surface area (Å²) in [6, 6.07) is 30.4. The Morgan fingerprint density at radius 1 is 0.600 bits per heavy atom. The second-order valence-electron chi connectivity index (χ2n) is 12.3. The zero-order valence-electron chi connectivity index (χ0n) is 28.1. The molecule has 0 aromatic heterocycles. The van der Waals surface area contributed by atoms with Gasteiger partial charge in [-0.2, -0.15) is 0 Å². The molecule has 0 saturated carbocycles. The fourth-order valence-electron chi connectivity index (χ4n) is 5.56. The molecule has 0 N–H and O–H groups in total. The number of hydrogen-bond acceptors (Lipinski definition) is 6. The van der Waals surface area contributed by atoms with E-state index in [1.54, 1.807) is 22.0 Å². The molecule has 2 heterocycles. The van der Waals surface area contributed by atoms with Crippen LogP contribution in [0.4, 0.5) is 0 Å². The predicted octanol–water partition coefficient (Wildman–Crippen LogP) is 8.75. The molecule has 0 unspecified atom stereocenters. The topological polar surface area (TPSA) is 83.8 Å². The van der Waals surface area contributed by atoms with Crippen LogP contribution in [0.15, 0.2) is 127 Å². The standard InChI is InChI=1S/C40H36Br2N4O4/c1-25(2)49-33-15-11-27(12-16-33)21-35-39(47)45(37(43-35)29-7-5-9-31(41)23-29)19-20-46-38(30-8-6-10-32(42)24-30)44-36(40(46)48)22-28-13-17-34(18-14-28)50-26(3)4/h5-18,21-26H,19-20H2,1-4H3/b35-21-,36-22+. The van der Waals surface area contributed by atoms with Crippen LogP contribution in [0.5, 0.6) is 11.5 Å². The van der Waals surface area contributed by atoms with Crippen molar-refractivity contribution in [2.45, 2.75) is 39.9 Å². The van der Waals surface area contributed by atoms with E-state index in [4.69, 9.17) is 19.5 Å². The van der Waals surface area contributed by atoms with Crippen molar-refractivity contribution in [2.75, 3.05) is 13.1 Å². The Kier molecular flexibility index (Phi) is 10.8. The van der Waals surface area contributed by atoms with Gasteiger partial charge in [-0.05, 0) is 99.5 Å². The molecule has 2 aliphatic rings. The average Bonchev–Trinajstić information content (AvgIpc) is 3.56. The van der Waals surface area contributed by atoms with Crippen molar-refractivity contribution >= 4 is 67.5 Å². The van der Waals surface area contributed by atoms with Crippen LogP contribution in [-0.4, -0.2) is 58.6 Å². The molecule has 4 aromatic rings. The Hall–Kier alpha value is -4.80. The highest BCUT2D eigenvalue weighted by molar-refractivity contribution is 9.10. The molecule has 4 aromatic carbocycles. The highest BCUT2D eigenvalue weighted by Crippen LogP contribution is 2.28. The summed E-state index contributed by atoms with van der Waals surface area (Å²) in [5.74, 6) is 2.01. The smallest absolute Gasteiger partial charge is 0.278 e. The lowest BCUT2D eigenvalue weighted by Crippen LogP contribution is -2.42. The molecule has 0 bridgehead atoms. The van der Waals surface area contributed by atoms with Gasteiger partial charge < -0.3 is 9.47 Å². The zero-order chi connectivity index (χ0) is 35.4. The Labute approximate surface area is 309 Å². The normalized spacial score (nSPS) is 16.2. The number of carbonyl (C=O) groups excluding carboxylic acids is 2. The number of halogens is 2. The number of amides is 2. The second-order valence-corrected chi connectivity index (χ2v) is 14.2. The molecule has 0 atom stereocenters. The molecular formula is C40H36Br2N4O4. The second kappa shape index (κ2) is 15.4. The molecule has 6 rings (SSSR count). The lowest BCUT2D eigenvalue weighted by atomic mass is 10.1. The van der Waals surface area contributed by atoms with Gasteiger partial charge in [-0.15, -0.1) is 0 Å². The van der Waals surface area contributed by atoms with Gasteiger partial charge in [0.15, 0.2) is 0 Å². The van der Waals surface area contributed by atoms with Crippen LogP contribution in [-0.2, 0) is 9.59 Å². The highest BCUT2D eigenvalue weighted by Gasteiger charge is 2.35. The van der Waals surface area contributed by atoms with Gasteiger partial charge in [-0.1, -0.05) is 80.4 Å². The minimum Gasteiger partial charge on any atom is -0.491 e. The quantitative estimate of drug-likeness (QED) is 0.142. The van der Waals surface area contributed by atoms with Gasteiger partial charge in [-0.3, -0.25) is 19.4 Å². The SMILES string of the molecule is CC(C)Oc1ccc(/C=C2\N=C(c3cccc(Br)c3)N(CCN3C(=O)/C(=C\c4ccc(OC(C)C)cc4)N=C3c3cccc(Br)c3)C2=O)cc1. The molecule has 2 aliphatic heterocycles. The fraction of sp³-hybridized carbons (Fsp3) is 0.200. The number of benzene rings is 4. The van der Waals surface area contributed by atoms with E-state index in [1.807, 2.05) is 125 Å². The largest absolute Gasteiger partial charge is 0.491 e. The van der Waals surface area contributed by atoms with E-state index in [0.29, 0.717) is 23.1 Å². The summed E-state index contributed by atoms with van der Waals surface area (Å²) in [4.78, 5) is 40.9. The maximum absolute atomic E-state index is 14.0. The first kappa shape index (κ1) is 35.0. The summed E-state index contributed by atoms with van der Waals surface area (Å²) in [7, 11) is 0. The summed E-state index contributed by atoms with van der Waals surface area (Å²) in [6.45, 7) is 8.28. The van der Waals surface area contributed by atoms with Crippen molar-refractivity contribution < 1.29 is 19.1 Å². The lowest BCUT2D eigenvalue weighted by molar-refractivity contribution is -0.125. The van der Waals surface area contributed by atoms with Crippen molar-refractivity contribution in [3.63, 3.8) is 0 Å². The van der Waals surface area contributed by atoms with E-state index < -0.39 is 0 Å². The van der Waals surface area contributed by atoms with E-state index in [-0.39, 0.29) is 37.1 Å². The molecule has 0 aliphatic carbocycles. The zero-order valence-corrected chi connectivity index (χ0v) is 31.3. The van der Waals surface area contributed by atoms with Crippen molar-refractivity contribution in [1.82, 2.24) is 9.80 Å². The Bertz CT molecular complexity index is 1890. The Morgan fingerprint density at radius 3 is 1.32 bits per heavy atom. The van der Waals surface area contributed by atoms with Crippen LogP contribution in [0.3, 0.4) is 0 Å². The van der Waals surface area contributed by atoms with E-state index in [2.05, 4.69) is 31.9 Å². The van der Waals surface area contributed by atoms with Gasteiger partial charge in [0.1, 0.15) is 34.6 Å². The van der Waals surface area contributed by atoms with E-state index in [1.165, 1.54) is 0 Å². The number of ether oxygens (including phenoxy) is 2. The molecule has 2 amide bonds. The number of rotatable bonds is 11. The minimum atomic E-state index is -0.255. The minimum absolute atomic E-state index is 0.0563. The molecule has 0 spiro atoms. The molecule has 10 heteroatoms. The molecule has 254 valence electrons. The Balaban J connectivity index is 1.30. The van der Waals surface area contributed by atoms with Crippen molar-refractivity contribution in [3.8, 4) is 11.5 Å². The fourth-order valence-corrected chi connectivity index (χ4v) is 6.36. The van der Waals surface area contributed by atoms with Crippen molar-refractivity contribution in [2.24, 2.45) is 9.98 Å². The molecular weight excluding hydrogens is 760 g/mol. The number of nitrogens with zero attached hydrogens (tertiary/aromatic N) is 4. The summed E-state index contributed by atoms with van der Waals surface area (Å²) >= 11 is 7.11. The van der Waals surface area contributed by atoms with Crippen LogP contribution in [0, 0.1) is 0 Å². The maximum Gasteiger partial charge on any atom is 0.278 e. The summed E-state index contributed by atoms with van der Waals surface area (Å²) in [6.07, 6.45) is 3.65. The van der Waals surface area contributed by atoms with E-state index >= 15 is 0 Å². The van der Waals surface area contributed by atoms with Crippen LogP contribution < -0.4 is 9.47 Å². The molecule has 0 fully saturated rings. The van der Waals surface area contributed by atoms with Crippen LogP contribution in [0.2, 0.25) is 0 Å². The molecule has 8 nitrogen and oxygen atoms in total. The van der Waals surface area contributed by atoms with Gasteiger partial charge >= 0.3 is 0 Å². The van der Waals surface area contributed by atoms with Crippen molar-refractivity contribution in [3.05, 3.63) is 140 Å². The van der Waals surface area contributed by atoms with Crippen molar-refractivity contribution in [1.29, 1.82) is 0 Å². The number of aliphatic imine (C=N–C) groups is 2. The third-order valence-electron chi connectivity index (χ3n) is 7.72. The molecule has 0 saturated heterocycles. The first-order chi connectivity index (χ1) is 24.0. The average molecular weight is 797 g/mol. The Morgan fingerprint density at radius 2 is 0.980 bits per heavy atom. The lowest BCUT2D eigenvalue weighted by Gasteiger charge is -2.24. The number of hydrogen-bond donors (Lipinski definition) is 0. The first-order valence-electron chi connectivity index (χ1n) is 16.3. The molecule has 50 heavy (non-hydrogen) atoms. The monoisotopic (exact) mass is 794 g/mol. The van der Waals surface area contributed by atoms with Gasteiger partial charge in [0.05, 0.1) is 12.2 Å². The maximum atomic E-state index is 14.0. The number of carbonyl (C=O) groups is 2.